The second-order valence-corrected chi connectivity index (χ2v) is 5.56. The first-order valence-corrected chi connectivity index (χ1v) is 7.72. The molecular formula is C17H17F2N3O2. The molecule has 1 fully saturated rings. The Kier molecular flexibility index (Phi) is 5.00. The molecule has 1 aromatic heterocycles. The van der Waals surface area contributed by atoms with Crippen LogP contribution in [0.2, 0.25) is 0 Å². The Hall–Kier alpha value is -2.54. The van der Waals surface area contributed by atoms with Gasteiger partial charge in [-0.3, -0.25) is 4.79 Å². The molecule has 0 bridgehead atoms. The number of nitrogens with one attached hydrogen (secondary N) is 2. The van der Waals surface area contributed by atoms with Gasteiger partial charge in [-0.25, -0.2) is 13.8 Å². The Morgan fingerprint density at radius 3 is 2.58 bits per heavy atom. The summed E-state index contributed by atoms with van der Waals surface area (Å²) in [5.41, 5.74) is 0.0119. The first kappa shape index (κ1) is 16.3. The van der Waals surface area contributed by atoms with Gasteiger partial charge in [0.15, 0.2) is 0 Å². The second kappa shape index (κ2) is 7.35. The zero-order valence-corrected chi connectivity index (χ0v) is 12.9. The van der Waals surface area contributed by atoms with Gasteiger partial charge in [0.2, 0.25) is 5.88 Å². The highest BCUT2D eigenvalue weighted by Crippen LogP contribution is 2.24. The van der Waals surface area contributed by atoms with Crippen molar-refractivity contribution in [1.82, 2.24) is 15.6 Å². The topological polar surface area (TPSA) is 63.2 Å². The number of piperidine rings is 1. The van der Waals surface area contributed by atoms with Crippen molar-refractivity contribution in [2.45, 2.75) is 18.9 Å². The van der Waals surface area contributed by atoms with Crippen LogP contribution < -0.4 is 15.4 Å². The van der Waals surface area contributed by atoms with Gasteiger partial charge < -0.3 is 15.4 Å². The van der Waals surface area contributed by atoms with Gasteiger partial charge in [-0.05, 0) is 56.3 Å². The number of rotatable bonds is 4. The molecule has 1 aliphatic rings. The van der Waals surface area contributed by atoms with E-state index in [-0.39, 0.29) is 17.5 Å². The third-order valence-corrected chi connectivity index (χ3v) is 3.76. The molecule has 0 unspecified atom stereocenters. The maximum absolute atomic E-state index is 13.5. The maximum Gasteiger partial charge on any atom is 0.257 e. The molecule has 7 heteroatoms. The van der Waals surface area contributed by atoms with Crippen LogP contribution in [0, 0.1) is 11.6 Å². The second-order valence-electron chi connectivity index (χ2n) is 5.56. The van der Waals surface area contributed by atoms with Gasteiger partial charge in [-0.2, -0.15) is 0 Å². The molecule has 1 aromatic carbocycles. The van der Waals surface area contributed by atoms with Crippen LogP contribution in [0.4, 0.5) is 8.78 Å². The van der Waals surface area contributed by atoms with E-state index in [0.29, 0.717) is 5.75 Å². The molecule has 3 rings (SSSR count). The Morgan fingerprint density at radius 1 is 1.17 bits per heavy atom. The number of halogens is 2. The molecule has 0 atom stereocenters. The van der Waals surface area contributed by atoms with Gasteiger partial charge in [0, 0.05) is 6.04 Å². The fourth-order valence-electron chi connectivity index (χ4n) is 2.51. The van der Waals surface area contributed by atoms with E-state index in [4.69, 9.17) is 4.74 Å². The molecule has 0 radical (unpaired) electrons. The van der Waals surface area contributed by atoms with Crippen molar-refractivity contribution in [3.63, 3.8) is 0 Å². The Balaban J connectivity index is 1.79. The van der Waals surface area contributed by atoms with Crippen LogP contribution in [0.15, 0.2) is 36.5 Å². The molecule has 0 saturated carbocycles. The number of hydrogen-bond donors (Lipinski definition) is 2. The van der Waals surface area contributed by atoms with Crippen LogP contribution >= 0.6 is 0 Å². The first-order chi connectivity index (χ1) is 11.6. The molecule has 0 spiro atoms. The number of nitrogens with zero attached hydrogens (tertiary/aromatic N) is 1. The SMILES string of the molecule is O=C(NC1CCNCC1)c1cc(F)cnc1Oc1ccc(F)cc1. The molecule has 126 valence electrons. The summed E-state index contributed by atoms with van der Waals surface area (Å²) in [6.45, 7) is 1.65. The van der Waals surface area contributed by atoms with E-state index < -0.39 is 17.5 Å². The number of ether oxygens (including phenoxy) is 1. The van der Waals surface area contributed by atoms with Gasteiger partial charge in [0.05, 0.1) is 6.20 Å². The van der Waals surface area contributed by atoms with E-state index in [1.165, 1.54) is 24.3 Å². The van der Waals surface area contributed by atoms with Crippen molar-refractivity contribution in [1.29, 1.82) is 0 Å². The highest BCUT2D eigenvalue weighted by atomic mass is 19.1. The van der Waals surface area contributed by atoms with Crippen LogP contribution in [0.25, 0.3) is 0 Å². The standard InChI is InChI=1S/C17H17F2N3O2/c18-11-1-3-14(4-2-11)24-17-15(9-12(19)10-21-17)16(23)22-13-5-7-20-8-6-13/h1-4,9-10,13,20H,5-8H2,(H,22,23). The first-order valence-electron chi connectivity index (χ1n) is 7.72. The minimum atomic E-state index is -0.628. The van der Waals surface area contributed by atoms with Crippen molar-refractivity contribution in [3.8, 4) is 11.6 Å². The quantitative estimate of drug-likeness (QED) is 0.903. The average molecular weight is 333 g/mol. The summed E-state index contributed by atoms with van der Waals surface area (Å²) >= 11 is 0. The number of carbonyl (C=O) groups is 1. The highest BCUT2D eigenvalue weighted by Gasteiger charge is 2.21. The number of hydrogen-bond acceptors (Lipinski definition) is 4. The summed E-state index contributed by atoms with van der Waals surface area (Å²) < 4.78 is 32.0. The van der Waals surface area contributed by atoms with Gasteiger partial charge in [-0.1, -0.05) is 0 Å². The molecule has 1 saturated heterocycles. The van der Waals surface area contributed by atoms with Crippen LogP contribution in [-0.2, 0) is 0 Å². The lowest BCUT2D eigenvalue weighted by atomic mass is 10.1. The van der Waals surface area contributed by atoms with Crippen molar-refractivity contribution >= 4 is 5.91 Å². The minimum Gasteiger partial charge on any atom is -0.438 e. The summed E-state index contributed by atoms with van der Waals surface area (Å²) in [7, 11) is 0. The highest BCUT2D eigenvalue weighted by molar-refractivity contribution is 5.96. The van der Waals surface area contributed by atoms with Crippen molar-refractivity contribution in [3.05, 3.63) is 53.7 Å². The molecule has 2 heterocycles. The van der Waals surface area contributed by atoms with E-state index in [9.17, 15) is 13.6 Å². The molecule has 2 N–H and O–H groups in total. The lowest BCUT2D eigenvalue weighted by molar-refractivity contribution is 0.0926. The number of aromatic nitrogens is 1. The van der Waals surface area contributed by atoms with Crippen LogP contribution in [0.1, 0.15) is 23.2 Å². The van der Waals surface area contributed by atoms with E-state index in [1.807, 2.05) is 0 Å². The van der Waals surface area contributed by atoms with Gasteiger partial charge in [0.25, 0.3) is 5.91 Å². The zero-order valence-electron chi connectivity index (χ0n) is 12.9. The lowest BCUT2D eigenvalue weighted by Gasteiger charge is -2.24. The predicted octanol–water partition coefficient (Wildman–Crippen LogP) is 2.63. The van der Waals surface area contributed by atoms with Gasteiger partial charge >= 0.3 is 0 Å². The van der Waals surface area contributed by atoms with Gasteiger partial charge in [-0.15, -0.1) is 0 Å². The van der Waals surface area contributed by atoms with Crippen LogP contribution in [0.5, 0.6) is 11.6 Å². The third kappa shape index (κ3) is 4.05. The summed E-state index contributed by atoms with van der Waals surface area (Å²) in [6, 6.07) is 6.40. The summed E-state index contributed by atoms with van der Waals surface area (Å²) in [5.74, 6) is -1.18. The zero-order chi connectivity index (χ0) is 16.9. The van der Waals surface area contributed by atoms with E-state index in [0.717, 1.165) is 38.2 Å². The average Bonchev–Trinajstić information content (AvgIpc) is 2.59. The Morgan fingerprint density at radius 2 is 1.88 bits per heavy atom. The minimum absolute atomic E-state index is 0.0119. The molecule has 2 aromatic rings. The molecular weight excluding hydrogens is 316 g/mol. The van der Waals surface area contributed by atoms with Crippen molar-refractivity contribution in [2.24, 2.45) is 0 Å². The molecule has 24 heavy (non-hydrogen) atoms. The molecule has 1 amide bonds. The predicted molar refractivity (Wildman–Crippen MR) is 84.0 cm³/mol. The number of amides is 1. The normalized spacial score (nSPS) is 15.1. The summed E-state index contributed by atoms with van der Waals surface area (Å²) in [4.78, 5) is 16.3. The fraction of sp³-hybridized carbons (Fsp3) is 0.294. The third-order valence-electron chi connectivity index (χ3n) is 3.76. The van der Waals surface area contributed by atoms with E-state index in [2.05, 4.69) is 15.6 Å². The Bertz CT molecular complexity index is 716. The van der Waals surface area contributed by atoms with E-state index in [1.54, 1.807) is 0 Å². The van der Waals surface area contributed by atoms with Crippen molar-refractivity contribution in [2.75, 3.05) is 13.1 Å². The van der Waals surface area contributed by atoms with E-state index >= 15 is 0 Å². The number of benzene rings is 1. The molecule has 0 aliphatic carbocycles. The largest absolute Gasteiger partial charge is 0.438 e. The van der Waals surface area contributed by atoms with Crippen molar-refractivity contribution < 1.29 is 18.3 Å². The van der Waals surface area contributed by atoms with Crippen LogP contribution in [0.3, 0.4) is 0 Å². The maximum atomic E-state index is 13.5. The molecule has 5 nitrogen and oxygen atoms in total. The lowest BCUT2D eigenvalue weighted by Crippen LogP contribution is -2.42. The molecule has 1 aliphatic heterocycles. The van der Waals surface area contributed by atoms with Crippen LogP contribution in [-0.4, -0.2) is 30.0 Å². The summed E-state index contributed by atoms with van der Waals surface area (Å²) in [5, 5.41) is 6.08. The van der Waals surface area contributed by atoms with Gasteiger partial charge in [0.1, 0.15) is 22.9 Å². The Labute approximate surface area is 138 Å². The summed E-state index contributed by atoms with van der Waals surface area (Å²) in [6.07, 6.45) is 2.59. The number of pyridine rings is 1. The monoisotopic (exact) mass is 333 g/mol. The smallest absolute Gasteiger partial charge is 0.257 e. The fourth-order valence-corrected chi connectivity index (χ4v) is 2.51. The number of carbonyl (C=O) groups excluding carboxylic acids is 1.